The third-order valence-corrected chi connectivity index (χ3v) is 5.91. The quantitative estimate of drug-likeness (QED) is 0.153. The van der Waals surface area contributed by atoms with Crippen LogP contribution in [0.4, 0.5) is 4.79 Å². The summed E-state index contributed by atoms with van der Waals surface area (Å²) in [5.41, 5.74) is -1.44. The van der Waals surface area contributed by atoms with Crippen molar-refractivity contribution in [3.05, 3.63) is 12.7 Å². The van der Waals surface area contributed by atoms with Crippen molar-refractivity contribution in [2.75, 3.05) is 19.6 Å². The van der Waals surface area contributed by atoms with Crippen LogP contribution in [0.3, 0.4) is 0 Å². The molecule has 3 atom stereocenters. The number of rotatable bonds is 12. The molecule has 0 bridgehead atoms. The maximum Gasteiger partial charge on any atom is 0.408 e. The van der Waals surface area contributed by atoms with E-state index in [-0.39, 0.29) is 25.4 Å². The smallest absolute Gasteiger partial charge is 0.408 e. The second-order valence-corrected chi connectivity index (χ2v) is 12.4. The Bertz CT molecular complexity index is 953. The third kappa shape index (κ3) is 14.5. The molecule has 0 aliphatic carbocycles. The van der Waals surface area contributed by atoms with Crippen LogP contribution in [-0.2, 0) is 28.7 Å². The molecule has 12 nitrogen and oxygen atoms in total. The van der Waals surface area contributed by atoms with Gasteiger partial charge in [0, 0.05) is 26.6 Å². The fraction of sp³-hybridized carbons (Fsp3) is 0.733. The highest BCUT2D eigenvalue weighted by atomic mass is 16.6. The second-order valence-electron chi connectivity index (χ2n) is 12.4. The van der Waals surface area contributed by atoms with Crippen molar-refractivity contribution >= 4 is 35.5 Å². The maximum absolute atomic E-state index is 13.6. The first-order valence-electron chi connectivity index (χ1n) is 14.7. The van der Waals surface area contributed by atoms with Gasteiger partial charge in [-0.05, 0) is 51.9 Å². The van der Waals surface area contributed by atoms with E-state index in [2.05, 4.69) is 41.7 Å². The van der Waals surface area contributed by atoms with Crippen LogP contribution in [-0.4, -0.2) is 83.8 Å². The summed E-state index contributed by atoms with van der Waals surface area (Å²) in [5, 5.41) is 10.2. The van der Waals surface area contributed by atoms with E-state index in [1.165, 1.54) is 18.2 Å². The van der Waals surface area contributed by atoms with E-state index in [4.69, 9.17) is 4.74 Å². The highest BCUT2D eigenvalue weighted by Crippen LogP contribution is 2.26. The van der Waals surface area contributed by atoms with Crippen LogP contribution < -0.4 is 21.3 Å². The molecule has 1 saturated heterocycles. The highest BCUT2D eigenvalue weighted by Gasteiger charge is 2.43. The number of hydrogen-bond acceptors (Lipinski definition) is 7. The third-order valence-electron chi connectivity index (χ3n) is 5.91. The van der Waals surface area contributed by atoms with Crippen LogP contribution in [0.1, 0.15) is 94.4 Å². The van der Waals surface area contributed by atoms with E-state index < -0.39 is 58.7 Å². The fourth-order valence-electron chi connectivity index (χ4n) is 4.02. The average Bonchev–Trinajstić information content (AvgIpc) is 3.35. The number of ketones is 1. The van der Waals surface area contributed by atoms with Crippen molar-refractivity contribution in [3.8, 4) is 0 Å². The van der Waals surface area contributed by atoms with Gasteiger partial charge >= 0.3 is 6.09 Å². The van der Waals surface area contributed by atoms with Gasteiger partial charge in [-0.1, -0.05) is 47.1 Å². The molecule has 12 heteroatoms. The zero-order valence-corrected chi connectivity index (χ0v) is 27.0. The number of allylic oxidation sites excluding steroid dienone is 1. The Morgan fingerprint density at radius 1 is 0.976 bits per heavy atom. The molecule has 1 rings (SSSR count). The van der Waals surface area contributed by atoms with E-state index in [1.54, 1.807) is 47.6 Å². The molecular formula is C30H53N5O7. The molecule has 1 aliphatic rings. The number of carbonyl (C=O) groups is 6. The summed E-state index contributed by atoms with van der Waals surface area (Å²) < 4.78 is 5.33. The second kappa shape index (κ2) is 18.2. The Morgan fingerprint density at radius 2 is 1.55 bits per heavy atom. The summed E-state index contributed by atoms with van der Waals surface area (Å²) in [7, 11) is 0. The van der Waals surface area contributed by atoms with Gasteiger partial charge in [0.15, 0.2) is 0 Å². The van der Waals surface area contributed by atoms with Crippen molar-refractivity contribution < 1.29 is 33.5 Å². The molecular weight excluding hydrogens is 542 g/mol. The van der Waals surface area contributed by atoms with Crippen LogP contribution in [0.15, 0.2) is 12.7 Å². The maximum atomic E-state index is 13.6. The zero-order chi connectivity index (χ0) is 32.7. The number of nitrogens with zero attached hydrogens (tertiary/aromatic N) is 1. The predicted octanol–water partition coefficient (Wildman–Crippen LogP) is 2.61. The fourth-order valence-corrected chi connectivity index (χ4v) is 4.02. The van der Waals surface area contributed by atoms with Crippen molar-refractivity contribution in [2.45, 2.75) is 118 Å². The van der Waals surface area contributed by atoms with E-state index in [0.717, 1.165) is 0 Å². The number of amides is 5. The first-order valence-corrected chi connectivity index (χ1v) is 14.7. The highest BCUT2D eigenvalue weighted by molar-refractivity contribution is 6.38. The number of ether oxygens (including phenoxy) is 1. The van der Waals surface area contributed by atoms with Gasteiger partial charge in [0.2, 0.25) is 23.5 Å². The molecule has 5 amide bonds. The average molecular weight is 596 g/mol. The van der Waals surface area contributed by atoms with Gasteiger partial charge < -0.3 is 30.9 Å². The summed E-state index contributed by atoms with van der Waals surface area (Å²) in [6, 6.07) is -2.95. The standard InChI is InChI=1S/C27H45N5O7.C3H8/c1-9-10-12-18(20(34)23(36)29-15-14-28-17(2)33)30-22(35)19-13-11-16-32(19)24(37)21(26(3,4)5)31-25(38)39-27(6,7)8;1-3-2/h9,18-19,21H,1,10-16H2,2-8H3,(H,28,33)(H,29,36)(H,30,35)(H,31,38);3H2,1-2H3/t18?,19-,21+;/m0./s1. The first kappa shape index (κ1) is 38.6. The molecule has 240 valence electrons. The summed E-state index contributed by atoms with van der Waals surface area (Å²) >= 11 is 0. The topological polar surface area (TPSA) is 163 Å². The molecule has 1 unspecified atom stereocenters. The molecule has 0 saturated carbocycles. The summed E-state index contributed by atoms with van der Waals surface area (Å²) in [5.74, 6) is -2.97. The molecule has 1 heterocycles. The van der Waals surface area contributed by atoms with Crippen molar-refractivity contribution in [3.63, 3.8) is 0 Å². The summed E-state index contributed by atoms with van der Waals surface area (Å²) in [6.07, 6.45) is 3.53. The number of carbonyl (C=O) groups excluding carboxylic acids is 6. The van der Waals surface area contributed by atoms with Crippen LogP contribution >= 0.6 is 0 Å². The van der Waals surface area contributed by atoms with Gasteiger partial charge in [-0.25, -0.2) is 4.79 Å². The van der Waals surface area contributed by atoms with Crippen LogP contribution in [0.25, 0.3) is 0 Å². The summed E-state index contributed by atoms with van der Waals surface area (Å²) in [4.78, 5) is 77.0. The number of alkyl carbamates (subject to hydrolysis) is 1. The largest absolute Gasteiger partial charge is 0.444 e. The van der Waals surface area contributed by atoms with Gasteiger partial charge in [0.25, 0.3) is 5.91 Å². The van der Waals surface area contributed by atoms with Gasteiger partial charge in [-0.15, -0.1) is 6.58 Å². The predicted molar refractivity (Wildman–Crippen MR) is 161 cm³/mol. The van der Waals surface area contributed by atoms with E-state index in [1.807, 2.05) is 0 Å². The van der Waals surface area contributed by atoms with Crippen LogP contribution in [0.2, 0.25) is 0 Å². The molecule has 0 aromatic carbocycles. The molecule has 1 aliphatic heterocycles. The minimum Gasteiger partial charge on any atom is -0.444 e. The van der Waals surface area contributed by atoms with Gasteiger partial charge in [0.1, 0.15) is 17.7 Å². The van der Waals surface area contributed by atoms with Gasteiger partial charge in [-0.2, -0.15) is 0 Å². The minimum absolute atomic E-state index is 0.0516. The lowest BCUT2D eigenvalue weighted by atomic mass is 9.85. The Morgan fingerprint density at radius 3 is 2.05 bits per heavy atom. The lowest BCUT2D eigenvalue weighted by molar-refractivity contribution is -0.144. The SMILES string of the molecule is C=CCCC(NC(=O)[C@@H]1CCCN1C(=O)[C@@H](NC(=O)OC(C)(C)C)C(C)(C)C)C(=O)C(=O)NCCNC(C)=O.CCC. The molecule has 0 radical (unpaired) electrons. The van der Waals surface area contributed by atoms with E-state index in [9.17, 15) is 28.8 Å². The number of Topliss-reactive ketones (excluding diaryl/α,β-unsaturated/α-hetero) is 1. The van der Waals surface area contributed by atoms with E-state index >= 15 is 0 Å². The number of hydrogen-bond donors (Lipinski definition) is 4. The Kier molecular flexibility index (Phi) is 16.7. The first-order chi connectivity index (χ1) is 19.4. The minimum atomic E-state index is -1.12. The van der Waals surface area contributed by atoms with Crippen molar-refractivity contribution in [1.82, 2.24) is 26.2 Å². The lowest BCUT2D eigenvalue weighted by Crippen LogP contribution is -2.59. The molecule has 0 aromatic rings. The van der Waals surface area contributed by atoms with E-state index in [0.29, 0.717) is 25.8 Å². The number of nitrogens with one attached hydrogen (secondary N) is 4. The monoisotopic (exact) mass is 595 g/mol. The molecule has 0 spiro atoms. The van der Waals surface area contributed by atoms with Gasteiger partial charge in [-0.3, -0.25) is 24.0 Å². The van der Waals surface area contributed by atoms with Crippen LogP contribution in [0, 0.1) is 5.41 Å². The Balaban J connectivity index is 0.00000535. The lowest BCUT2D eigenvalue weighted by Gasteiger charge is -2.36. The van der Waals surface area contributed by atoms with Crippen molar-refractivity contribution in [2.24, 2.45) is 5.41 Å². The normalized spacial score (nSPS) is 16.1. The molecule has 1 fully saturated rings. The number of likely N-dealkylation sites (tertiary alicyclic amines) is 1. The van der Waals surface area contributed by atoms with Gasteiger partial charge in [0.05, 0.1) is 6.04 Å². The Labute approximate surface area is 251 Å². The Hall–Kier alpha value is -3.44. The van der Waals surface area contributed by atoms with Crippen LogP contribution in [0.5, 0.6) is 0 Å². The molecule has 4 N–H and O–H groups in total. The summed E-state index contributed by atoms with van der Waals surface area (Å²) in [6.45, 7) is 20.3. The molecule has 42 heavy (non-hydrogen) atoms. The zero-order valence-electron chi connectivity index (χ0n) is 27.0. The molecule has 0 aromatic heterocycles. The van der Waals surface area contributed by atoms with Crippen molar-refractivity contribution in [1.29, 1.82) is 0 Å².